The Hall–Kier alpha value is -1.79. The summed E-state index contributed by atoms with van der Waals surface area (Å²) in [5.41, 5.74) is 0.120. The summed E-state index contributed by atoms with van der Waals surface area (Å²) in [7, 11) is -1.87. The first-order valence-electron chi connectivity index (χ1n) is 9.71. The monoisotopic (exact) mass is 428 g/mol. The van der Waals surface area contributed by atoms with Crippen LogP contribution in [0, 0.1) is 22.0 Å². The van der Waals surface area contributed by atoms with Crippen LogP contribution < -0.4 is 4.90 Å². The number of rotatable bonds is 7. The highest BCUT2D eigenvalue weighted by molar-refractivity contribution is 7.89. The normalized spacial score (nSPS) is 21.8. The van der Waals surface area contributed by atoms with Crippen LogP contribution in [0.4, 0.5) is 11.4 Å². The van der Waals surface area contributed by atoms with E-state index in [2.05, 4.69) is 0 Å². The van der Waals surface area contributed by atoms with Crippen molar-refractivity contribution in [1.82, 2.24) is 9.21 Å². The van der Waals surface area contributed by atoms with Crippen molar-refractivity contribution >= 4 is 21.4 Å². The number of nitrogens with zero attached hydrogens (tertiary/aromatic N) is 4. The molecule has 2 fully saturated rings. The maximum Gasteiger partial charge on any atom is 0.293 e. The third-order valence-electron chi connectivity index (χ3n) is 5.94. The molecule has 0 unspecified atom stereocenters. The number of nitro groups is 1. The van der Waals surface area contributed by atoms with E-state index >= 15 is 0 Å². The summed E-state index contributed by atoms with van der Waals surface area (Å²) in [6.45, 7) is 2.68. The van der Waals surface area contributed by atoms with Crippen molar-refractivity contribution in [2.24, 2.45) is 11.8 Å². The quantitative estimate of drug-likeness (QED) is 0.457. The second-order valence-corrected chi connectivity index (χ2v) is 9.67. The van der Waals surface area contributed by atoms with Gasteiger partial charge in [-0.25, -0.2) is 8.42 Å². The Bertz CT molecular complexity index is 837. The maximum absolute atomic E-state index is 12.9. The number of nitro benzene ring substituents is 1. The second kappa shape index (κ2) is 8.92. The summed E-state index contributed by atoms with van der Waals surface area (Å²) in [6, 6.07) is 4.07. The summed E-state index contributed by atoms with van der Waals surface area (Å²) in [5.74, 6) is -0.241. The van der Waals surface area contributed by atoms with E-state index in [-0.39, 0.29) is 35.6 Å². The second-order valence-electron chi connectivity index (χ2n) is 7.73. The van der Waals surface area contributed by atoms with Crippen LogP contribution in [0.25, 0.3) is 0 Å². The smallest absolute Gasteiger partial charge is 0.293 e. The van der Waals surface area contributed by atoms with Gasteiger partial charge in [0.1, 0.15) is 5.69 Å². The fourth-order valence-corrected chi connectivity index (χ4v) is 5.44. The summed E-state index contributed by atoms with van der Waals surface area (Å²) >= 11 is 0. The molecule has 0 aliphatic carbocycles. The number of anilines is 1. The van der Waals surface area contributed by atoms with Crippen molar-refractivity contribution in [3.63, 3.8) is 0 Å². The third kappa shape index (κ3) is 4.53. The van der Waals surface area contributed by atoms with Gasteiger partial charge >= 0.3 is 0 Å². The Morgan fingerprint density at radius 1 is 1.17 bits per heavy atom. The van der Waals surface area contributed by atoms with Crippen LogP contribution in [-0.4, -0.2) is 92.3 Å². The first-order valence-corrected chi connectivity index (χ1v) is 11.2. The van der Waals surface area contributed by atoms with Gasteiger partial charge in [0.2, 0.25) is 10.0 Å². The van der Waals surface area contributed by atoms with Crippen LogP contribution in [0.3, 0.4) is 0 Å². The largest absolute Gasteiger partial charge is 0.396 e. The molecule has 0 spiro atoms. The molecule has 29 heavy (non-hydrogen) atoms. The predicted octanol–water partition coefficient (Wildman–Crippen LogP) is -0.0420. The summed E-state index contributed by atoms with van der Waals surface area (Å²) in [6.07, 6.45) is 0.699. The number of aliphatic hydroxyl groups excluding tert-OH is 2. The highest BCUT2D eigenvalue weighted by atomic mass is 32.2. The fourth-order valence-electron chi connectivity index (χ4n) is 4.00. The maximum atomic E-state index is 12.9. The van der Waals surface area contributed by atoms with E-state index in [0.717, 1.165) is 6.07 Å². The number of hydrogen-bond donors (Lipinski definition) is 2. The van der Waals surface area contributed by atoms with Crippen molar-refractivity contribution in [3.8, 4) is 0 Å². The van der Waals surface area contributed by atoms with Crippen LogP contribution in [-0.2, 0) is 10.0 Å². The van der Waals surface area contributed by atoms with Crippen molar-refractivity contribution in [2.45, 2.75) is 11.3 Å². The molecule has 1 atom stereocenters. The van der Waals surface area contributed by atoms with Crippen molar-refractivity contribution in [3.05, 3.63) is 28.3 Å². The molecule has 162 valence electrons. The average Bonchev–Trinajstić information content (AvgIpc) is 3.18. The summed E-state index contributed by atoms with van der Waals surface area (Å²) in [4.78, 5) is 14.9. The van der Waals surface area contributed by atoms with E-state index in [1.165, 1.54) is 16.4 Å². The molecule has 2 N–H and O–H groups in total. The molecule has 3 rings (SSSR count). The first kappa shape index (κ1) is 21.9. The topological polar surface area (TPSA) is 127 Å². The summed E-state index contributed by atoms with van der Waals surface area (Å²) in [5, 5.41) is 30.5. The zero-order valence-electron chi connectivity index (χ0n) is 16.5. The van der Waals surface area contributed by atoms with E-state index in [0.29, 0.717) is 51.4 Å². The summed E-state index contributed by atoms with van der Waals surface area (Å²) < 4.78 is 27.2. The van der Waals surface area contributed by atoms with Crippen LogP contribution in [0.5, 0.6) is 0 Å². The Kier molecular flexibility index (Phi) is 6.74. The minimum Gasteiger partial charge on any atom is -0.396 e. The lowest BCUT2D eigenvalue weighted by Gasteiger charge is -2.31. The molecule has 2 aliphatic heterocycles. The molecular weight excluding hydrogens is 400 g/mol. The third-order valence-corrected chi connectivity index (χ3v) is 7.84. The van der Waals surface area contributed by atoms with E-state index in [4.69, 9.17) is 0 Å². The molecule has 2 saturated heterocycles. The lowest BCUT2D eigenvalue weighted by atomic mass is 9.93. The van der Waals surface area contributed by atoms with Gasteiger partial charge in [-0.3, -0.25) is 10.1 Å². The van der Waals surface area contributed by atoms with Gasteiger partial charge in [0, 0.05) is 64.5 Å². The molecule has 1 aromatic carbocycles. The van der Waals surface area contributed by atoms with Crippen LogP contribution in [0.2, 0.25) is 0 Å². The number of likely N-dealkylation sites (N-methyl/N-ethyl adjacent to an activating group) is 1. The Morgan fingerprint density at radius 2 is 1.83 bits per heavy atom. The average molecular weight is 429 g/mol. The minimum absolute atomic E-state index is 0.0263. The van der Waals surface area contributed by atoms with E-state index in [1.807, 2.05) is 16.8 Å². The molecular formula is C18H28N4O6S. The van der Waals surface area contributed by atoms with Gasteiger partial charge in [-0.1, -0.05) is 0 Å². The molecule has 2 heterocycles. The number of sulfonamides is 1. The first-order chi connectivity index (χ1) is 13.8. The molecule has 10 nitrogen and oxygen atoms in total. The standard InChI is InChI=1S/C18H28N4O6S/c1-19-6-8-21(9-7-19)29(27,28)16-2-3-17(18(10-16)22(25)26)20-5-4-14(11-20)15(12-23)13-24/h2-3,10,14-15,23-24H,4-9,11-13H2,1H3/t14-/m1/s1. The molecule has 0 radical (unpaired) electrons. The van der Waals surface area contributed by atoms with Gasteiger partial charge in [-0.05, 0) is 31.5 Å². The molecule has 2 aliphatic rings. The zero-order valence-corrected chi connectivity index (χ0v) is 17.3. The zero-order chi connectivity index (χ0) is 21.2. The Morgan fingerprint density at radius 3 is 2.41 bits per heavy atom. The van der Waals surface area contributed by atoms with Gasteiger partial charge in [0.15, 0.2) is 0 Å². The molecule has 0 saturated carbocycles. The molecule has 0 bridgehead atoms. The number of piperazine rings is 1. The molecule has 11 heteroatoms. The van der Waals surface area contributed by atoms with E-state index < -0.39 is 14.9 Å². The molecule has 0 aromatic heterocycles. The van der Waals surface area contributed by atoms with Gasteiger partial charge in [-0.15, -0.1) is 0 Å². The Labute approximate surface area is 170 Å². The predicted molar refractivity (Wildman–Crippen MR) is 107 cm³/mol. The van der Waals surface area contributed by atoms with Crippen molar-refractivity contribution < 1.29 is 23.6 Å². The van der Waals surface area contributed by atoms with Crippen LogP contribution in [0.15, 0.2) is 23.1 Å². The van der Waals surface area contributed by atoms with Gasteiger partial charge < -0.3 is 20.0 Å². The highest BCUT2D eigenvalue weighted by Gasteiger charge is 2.34. The lowest BCUT2D eigenvalue weighted by molar-refractivity contribution is -0.384. The Balaban J connectivity index is 1.86. The number of aliphatic hydroxyl groups is 2. The number of hydrogen-bond acceptors (Lipinski definition) is 8. The minimum atomic E-state index is -3.80. The van der Waals surface area contributed by atoms with Crippen LogP contribution >= 0.6 is 0 Å². The van der Waals surface area contributed by atoms with Gasteiger partial charge in [0.25, 0.3) is 5.69 Å². The van der Waals surface area contributed by atoms with E-state index in [1.54, 1.807) is 0 Å². The fraction of sp³-hybridized carbons (Fsp3) is 0.667. The molecule has 1 aromatic rings. The molecule has 0 amide bonds. The van der Waals surface area contributed by atoms with E-state index in [9.17, 15) is 28.7 Å². The van der Waals surface area contributed by atoms with Gasteiger partial charge in [0.05, 0.1) is 9.82 Å². The SMILES string of the molecule is CN1CCN(S(=O)(=O)c2ccc(N3CC[C@@H](C(CO)CO)C3)c([N+](=O)[O-])c2)CC1. The van der Waals surface area contributed by atoms with Crippen LogP contribution in [0.1, 0.15) is 6.42 Å². The lowest BCUT2D eigenvalue weighted by Crippen LogP contribution is -2.47. The van der Waals surface area contributed by atoms with Gasteiger partial charge in [-0.2, -0.15) is 4.31 Å². The van der Waals surface area contributed by atoms with Crippen molar-refractivity contribution in [2.75, 3.05) is 64.4 Å². The van der Waals surface area contributed by atoms with Crippen molar-refractivity contribution in [1.29, 1.82) is 0 Å². The number of benzene rings is 1. The highest BCUT2D eigenvalue weighted by Crippen LogP contribution is 2.36.